The molecular weight excluding hydrogens is 288 g/mol. The SMILES string of the molecule is Cc1ccc(N(C)C)cc1S(=O)(=O)N[C@@H]1CCN(C#N)C1. The zero-order valence-corrected chi connectivity index (χ0v) is 13.3. The van der Waals surface area contributed by atoms with Crippen LogP contribution in [0.3, 0.4) is 0 Å². The first-order valence-electron chi connectivity index (χ1n) is 6.78. The molecule has 114 valence electrons. The van der Waals surface area contributed by atoms with Crippen molar-refractivity contribution in [2.24, 2.45) is 0 Å². The average Bonchev–Trinajstić information content (AvgIpc) is 2.85. The van der Waals surface area contributed by atoms with E-state index < -0.39 is 10.0 Å². The minimum atomic E-state index is -3.57. The van der Waals surface area contributed by atoms with Crippen LogP contribution < -0.4 is 9.62 Å². The second-order valence-corrected chi connectivity index (χ2v) is 7.18. The number of benzene rings is 1. The maximum absolute atomic E-state index is 12.5. The standard InChI is InChI=1S/C14H20N4O2S/c1-11-4-5-13(17(2)3)8-14(11)21(19,20)16-12-6-7-18(9-12)10-15/h4-5,8,12,16H,6-7,9H2,1-3H3/t12-/m1/s1. The van der Waals surface area contributed by atoms with Gasteiger partial charge in [0.25, 0.3) is 0 Å². The number of sulfonamides is 1. The van der Waals surface area contributed by atoms with E-state index in [2.05, 4.69) is 4.72 Å². The first kappa shape index (κ1) is 15.6. The molecular formula is C14H20N4O2S. The minimum Gasteiger partial charge on any atom is -0.378 e. The molecule has 1 atom stereocenters. The molecule has 2 rings (SSSR count). The molecule has 1 saturated heterocycles. The summed E-state index contributed by atoms with van der Waals surface area (Å²) in [5.74, 6) is 0. The van der Waals surface area contributed by atoms with E-state index in [4.69, 9.17) is 5.26 Å². The van der Waals surface area contributed by atoms with Gasteiger partial charge in [-0.15, -0.1) is 0 Å². The van der Waals surface area contributed by atoms with E-state index in [0.717, 1.165) is 5.69 Å². The average molecular weight is 308 g/mol. The number of hydrogen-bond donors (Lipinski definition) is 1. The molecule has 1 N–H and O–H groups in total. The number of aryl methyl sites for hydroxylation is 1. The number of anilines is 1. The zero-order valence-electron chi connectivity index (χ0n) is 12.5. The fourth-order valence-electron chi connectivity index (χ4n) is 2.39. The van der Waals surface area contributed by atoms with Crippen LogP contribution in [0.25, 0.3) is 0 Å². The fraction of sp³-hybridized carbons (Fsp3) is 0.500. The number of nitrogens with zero attached hydrogens (tertiary/aromatic N) is 3. The maximum atomic E-state index is 12.5. The van der Waals surface area contributed by atoms with Crippen LogP contribution >= 0.6 is 0 Å². The third-order valence-corrected chi connectivity index (χ3v) is 5.29. The van der Waals surface area contributed by atoms with Crippen molar-refractivity contribution in [1.82, 2.24) is 9.62 Å². The first-order chi connectivity index (χ1) is 9.83. The van der Waals surface area contributed by atoms with Crippen molar-refractivity contribution < 1.29 is 8.42 Å². The monoisotopic (exact) mass is 308 g/mol. The third-order valence-electron chi connectivity index (χ3n) is 3.63. The molecule has 6 nitrogen and oxygen atoms in total. The number of likely N-dealkylation sites (tertiary alicyclic amines) is 1. The summed E-state index contributed by atoms with van der Waals surface area (Å²) in [6, 6.07) is 5.16. The van der Waals surface area contributed by atoms with Gasteiger partial charge in [0.2, 0.25) is 10.0 Å². The summed E-state index contributed by atoms with van der Waals surface area (Å²) in [4.78, 5) is 3.73. The summed E-state index contributed by atoms with van der Waals surface area (Å²) in [6.07, 6.45) is 2.70. The van der Waals surface area contributed by atoms with E-state index in [0.29, 0.717) is 30.0 Å². The van der Waals surface area contributed by atoms with Crippen molar-refractivity contribution >= 4 is 15.7 Å². The van der Waals surface area contributed by atoms with Crippen LogP contribution in [-0.2, 0) is 10.0 Å². The van der Waals surface area contributed by atoms with Gasteiger partial charge in [0.1, 0.15) is 0 Å². The molecule has 0 spiro atoms. The highest BCUT2D eigenvalue weighted by Gasteiger charge is 2.27. The predicted molar refractivity (Wildman–Crippen MR) is 81.4 cm³/mol. The molecule has 7 heteroatoms. The van der Waals surface area contributed by atoms with Crippen LogP contribution in [0.2, 0.25) is 0 Å². The van der Waals surface area contributed by atoms with Gasteiger partial charge in [0, 0.05) is 38.9 Å². The third kappa shape index (κ3) is 3.46. The van der Waals surface area contributed by atoms with E-state index in [1.165, 1.54) is 0 Å². The quantitative estimate of drug-likeness (QED) is 0.836. The summed E-state index contributed by atoms with van der Waals surface area (Å²) in [5, 5.41) is 8.83. The Labute approximate surface area is 126 Å². The van der Waals surface area contributed by atoms with Crippen molar-refractivity contribution in [3.8, 4) is 6.19 Å². The van der Waals surface area contributed by atoms with Gasteiger partial charge >= 0.3 is 0 Å². The molecule has 21 heavy (non-hydrogen) atoms. The molecule has 0 aromatic heterocycles. The highest BCUT2D eigenvalue weighted by molar-refractivity contribution is 7.89. The minimum absolute atomic E-state index is 0.211. The highest BCUT2D eigenvalue weighted by atomic mass is 32.2. The Morgan fingerprint density at radius 3 is 2.71 bits per heavy atom. The van der Waals surface area contributed by atoms with Crippen molar-refractivity contribution in [2.75, 3.05) is 32.1 Å². The molecule has 1 fully saturated rings. The maximum Gasteiger partial charge on any atom is 0.241 e. The van der Waals surface area contributed by atoms with Gasteiger partial charge in [0.15, 0.2) is 6.19 Å². The van der Waals surface area contributed by atoms with Crippen molar-refractivity contribution in [3.05, 3.63) is 23.8 Å². The van der Waals surface area contributed by atoms with Gasteiger partial charge in [-0.1, -0.05) is 6.07 Å². The summed E-state index contributed by atoms with van der Waals surface area (Å²) in [6.45, 7) is 2.81. The molecule has 1 aromatic carbocycles. The second-order valence-electron chi connectivity index (χ2n) is 5.50. The van der Waals surface area contributed by atoms with Crippen molar-refractivity contribution in [3.63, 3.8) is 0 Å². The Morgan fingerprint density at radius 1 is 1.43 bits per heavy atom. The van der Waals surface area contributed by atoms with Gasteiger partial charge < -0.3 is 9.80 Å². The van der Waals surface area contributed by atoms with Gasteiger partial charge in [-0.2, -0.15) is 5.26 Å². The molecule has 1 aliphatic heterocycles. The smallest absolute Gasteiger partial charge is 0.241 e. The molecule has 1 aromatic rings. The number of rotatable bonds is 4. The molecule has 0 unspecified atom stereocenters. The van der Waals surface area contributed by atoms with Crippen molar-refractivity contribution in [1.29, 1.82) is 5.26 Å². The molecule has 1 heterocycles. The van der Waals surface area contributed by atoms with Crippen LogP contribution in [-0.4, -0.2) is 46.5 Å². The summed E-state index contributed by atoms with van der Waals surface area (Å²) >= 11 is 0. The molecule has 0 aliphatic carbocycles. The molecule has 1 aliphatic rings. The second kappa shape index (κ2) is 5.92. The zero-order chi connectivity index (χ0) is 15.6. The van der Waals surface area contributed by atoms with Crippen LogP contribution in [0.1, 0.15) is 12.0 Å². The topological polar surface area (TPSA) is 76.4 Å². The Morgan fingerprint density at radius 2 is 2.14 bits per heavy atom. The van der Waals surface area contributed by atoms with Gasteiger partial charge in [-0.05, 0) is 31.0 Å². The van der Waals surface area contributed by atoms with Crippen LogP contribution in [0.5, 0.6) is 0 Å². The van der Waals surface area contributed by atoms with E-state index in [9.17, 15) is 8.42 Å². The van der Waals surface area contributed by atoms with Crippen molar-refractivity contribution in [2.45, 2.75) is 24.3 Å². The summed E-state index contributed by atoms with van der Waals surface area (Å²) < 4.78 is 27.8. The molecule has 0 bridgehead atoms. The Balaban J connectivity index is 2.24. The number of hydrogen-bond acceptors (Lipinski definition) is 5. The van der Waals surface area contributed by atoms with E-state index in [1.807, 2.05) is 31.3 Å². The number of nitriles is 1. The van der Waals surface area contributed by atoms with Gasteiger partial charge in [-0.25, -0.2) is 13.1 Å². The summed E-state index contributed by atoms with van der Waals surface area (Å²) in [7, 11) is 0.168. The molecule has 0 saturated carbocycles. The largest absolute Gasteiger partial charge is 0.378 e. The Bertz CT molecular complexity index is 664. The lowest BCUT2D eigenvalue weighted by molar-refractivity contribution is 0.470. The normalized spacial score (nSPS) is 18.6. The highest BCUT2D eigenvalue weighted by Crippen LogP contribution is 2.22. The summed E-state index contributed by atoms with van der Waals surface area (Å²) in [5.41, 5.74) is 1.55. The van der Waals surface area contributed by atoms with E-state index in [-0.39, 0.29) is 6.04 Å². The Kier molecular flexibility index (Phi) is 4.40. The van der Waals surface area contributed by atoms with Crippen LogP contribution in [0.15, 0.2) is 23.1 Å². The number of nitrogens with one attached hydrogen (secondary N) is 1. The molecule has 0 amide bonds. The van der Waals surface area contributed by atoms with Gasteiger partial charge in [-0.3, -0.25) is 0 Å². The lowest BCUT2D eigenvalue weighted by Gasteiger charge is -2.17. The lowest BCUT2D eigenvalue weighted by Crippen LogP contribution is -2.36. The Hall–Kier alpha value is -1.78. The van der Waals surface area contributed by atoms with Gasteiger partial charge in [0.05, 0.1) is 4.90 Å². The predicted octanol–water partition coefficient (Wildman–Crippen LogP) is 0.895. The van der Waals surface area contributed by atoms with E-state index in [1.54, 1.807) is 24.0 Å². The first-order valence-corrected chi connectivity index (χ1v) is 8.27. The molecule has 0 radical (unpaired) electrons. The van der Waals surface area contributed by atoms with E-state index >= 15 is 0 Å². The van der Waals surface area contributed by atoms with Crippen LogP contribution in [0, 0.1) is 18.4 Å². The van der Waals surface area contributed by atoms with Crippen LogP contribution in [0.4, 0.5) is 5.69 Å². The fourth-order valence-corrected chi connectivity index (χ4v) is 3.91. The lowest BCUT2D eigenvalue weighted by atomic mass is 10.2.